The molecule has 0 radical (unpaired) electrons. The summed E-state index contributed by atoms with van der Waals surface area (Å²) in [5, 5.41) is 7.12. The summed E-state index contributed by atoms with van der Waals surface area (Å²) >= 11 is 0. The largest absolute Gasteiger partial charge is 0.490 e. The van der Waals surface area contributed by atoms with Crippen molar-refractivity contribution < 1.29 is 32.6 Å². The summed E-state index contributed by atoms with van der Waals surface area (Å²) in [5.41, 5.74) is 6.66. The van der Waals surface area contributed by atoms with E-state index in [-0.39, 0.29) is 11.9 Å². The van der Waals surface area contributed by atoms with Gasteiger partial charge in [-0.05, 0) is 18.9 Å². The number of aliphatic carboxylic acids is 1. The summed E-state index contributed by atoms with van der Waals surface area (Å²) in [6, 6.07) is 9.83. The normalized spacial score (nSPS) is 11.9. The molecule has 0 fully saturated rings. The predicted molar refractivity (Wildman–Crippen MR) is 73.0 cm³/mol. The van der Waals surface area contributed by atoms with E-state index in [1.54, 1.807) is 6.92 Å². The lowest BCUT2D eigenvalue weighted by molar-refractivity contribution is -0.192. The van der Waals surface area contributed by atoms with Gasteiger partial charge < -0.3 is 15.6 Å². The average molecular weight is 321 g/mol. The number of hydrogen-bond donors (Lipinski definition) is 2. The van der Waals surface area contributed by atoms with E-state index < -0.39 is 12.1 Å². The van der Waals surface area contributed by atoms with Crippen LogP contribution in [0.25, 0.3) is 0 Å². The van der Waals surface area contributed by atoms with Crippen molar-refractivity contribution in [2.24, 2.45) is 11.7 Å². The lowest BCUT2D eigenvalue weighted by atomic mass is 10.00. The maximum atomic E-state index is 11.5. The van der Waals surface area contributed by atoms with Crippen LogP contribution in [-0.2, 0) is 20.7 Å². The van der Waals surface area contributed by atoms with Gasteiger partial charge in [0.05, 0.1) is 12.5 Å². The van der Waals surface area contributed by atoms with Crippen molar-refractivity contribution in [3.05, 3.63) is 35.9 Å². The van der Waals surface area contributed by atoms with Gasteiger partial charge in [0.2, 0.25) is 0 Å². The molecule has 0 bridgehead atoms. The maximum Gasteiger partial charge on any atom is 0.490 e. The molecule has 22 heavy (non-hydrogen) atoms. The molecule has 124 valence electrons. The monoisotopic (exact) mass is 321 g/mol. The van der Waals surface area contributed by atoms with Gasteiger partial charge in [0.15, 0.2) is 0 Å². The van der Waals surface area contributed by atoms with Crippen LogP contribution in [0, 0.1) is 5.92 Å². The van der Waals surface area contributed by atoms with Gasteiger partial charge in [-0.3, -0.25) is 4.79 Å². The van der Waals surface area contributed by atoms with Crippen LogP contribution in [0.15, 0.2) is 30.3 Å². The Balaban J connectivity index is 0.000000534. The predicted octanol–water partition coefficient (Wildman–Crippen LogP) is 2.00. The molecule has 0 unspecified atom stereocenters. The Hall–Kier alpha value is -2.09. The van der Waals surface area contributed by atoms with Crippen LogP contribution in [0.2, 0.25) is 0 Å². The molecule has 0 aliphatic heterocycles. The molecule has 3 N–H and O–H groups in total. The number of carboxylic acids is 1. The molecule has 0 aromatic heterocycles. The summed E-state index contributed by atoms with van der Waals surface area (Å²) < 4.78 is 36.7. The number of carbonyl (C=O) groups is 2. The molecule has 0 aliphatic carbocycles. The number of hydrogen-bond acceptors (Lipinski definition) is 4. The van der Waals surface area contributed by atoms with Crippen molar-refractivity contribution in [1.82, 2.24) is 0 Å². The Bertz CT molecular complexity index is 463. The zero-order valence-electron chi connectivity index (χ0n) is 12.0. The lowest BCUT2D eigenvalue weighted by Crippen LogP contribution is -2.27. The van der Waals surface area contributed by atoms with Crippen LogP contribution in [0.1, 0.15) is 12.5 Å². The van der Waals surface area contributed by atoms with Gasteiger partial charge in [-0.25, -0.2) is 4.79 Å². The summed E-state index contributed by atoms with van der Waals surface area (Å²) in [6.07, 6.45) is -4.43. The molecule has 5 nitrogen and oxygen atoms in total. The number of carboxylic acid groups (broad SMARTS) is 1. The highest BCUT2D eigenvalue weighted by Gasteiger charge is 2.38. The minimum absolute atomic E-state index is 0.205. The van der Waals surface area contributed by atoms with Gasteiger partial charge in [0.1, 0.15) is 0 Å². The highest BCUT2D eigenvalue weighted by atomic mass is 19.4. The van der Waals surface area contributed by atoms with Crippen molar-refractivity contribution in [2.45, 2.75) is 19.5 Å². The first-order valence-corrected chi connectivity index (χ1v) is 6.43. The van der Waals surface area contributed by atoms with E-state index in [2.05, 4.69) is 0 Å². The topological polar surface area (TPSA) is 89.6 Å². The second-order valence-electron chi connectivity index (χ2n) is 4.18. The van der Waals surface area contributed by atoms with E-state index in [0.717, 1.165) is 5.56 Å². The summed E-state index contributed by atoms with van der Waals surface area (Å²) in [5.74, 6) is -3.19. The highest BCUT2D eigenvalue weighted by Crippen LogP contribution is 2.13. The fraction of sp³-hybridized carbons (Fsp3) is 0.429. The quantitative estimate of drug-likeness (QED) is 0.810. The molecular weight excluding hydrogens is 303 g/mol. The second-order valence-corrected chi connectivity index (χ2v) is 4.18. The fourth-order valence-electron chi connectivity index (χ4n) is 1.42. The molecule has 0 saturated carbocycles. The number of nitrogens with two attached hydrogens (primary N) is 1. The number of rotatable bonds is 5. The summed E-state index contributed by atoms with van der Waals surface area (Å²) in [6.45, 7) is 2.53. The number of ether oxygens (including phenoxy) is 1. The van der Waals surface area contributed by atoms with Gasteiger partial charge in [-0.15, -0.1) is 0 Å². The van der Waals surface area contributed by atoms with Crippen molar-refractivity contribution in [3.8, 4) is 0 Å². The molecule has 1 aromatic carbocycles. The van der Waals surface area contributed by atoms with Crippen molar-refractivity contribution >= 4 is 11.9 Å². The first-order chi connectivity index (χ1) is 10.2. The molecule has 0 amide bonds. The van der Waals surface area contributed by atoms with Gasteiger partial charge in [0, 0.05) is 6.54 Å². The Morgan fingerprint density at radius 2 is 1.77 bits per heavy atom. The Labute approximate surface area is 125 Å². The van der Waals surface area contributed by atoms with Gasteiger partial charge >= 0.3 is 18.1 Å². The van der Waals surface area contributed by atoms with Crippen molar-refractivity contribution in [1.29, 1.82) is 0 Å². The minimum atomic E-state index is -5.08. The smallest absolute Gasteiger partial charge is 0.475 e. The zero-order chi connectivity index (χ0) is 17.2. The average Bonchev–Trinajstić information content (AvgIpc) is 2.45. The summed E-state index contributed by atoms with van der Waals surface area (Å²) in [4.78, 5) is 20.4. The molecule has 0 aliphatic rings. The molecule has 8 heteroatoms. The van der Waals surface area contributed by atoms with Crippen LogP contribution in [0.3, 0.4) is 0 Å². The van der Waals surface area contributed by atoms with Crippen LogP contribution in [-0.4, -0.2) is 36.4 Å². The number of alkyl halides is 3. The van der Waals surface area contributed by atoms with Gasteiger partial charge in [-0.2, -0.15) is 13.2 Å². The van der Waals surface area contributed by atoms with E-state index in [1.165, 1.54) is 0 Å². The number of esters is 1. The van der Waals surface area contributed by atoms with Gasteiger partial charge in [0.25, 0.3) is 0 Å². The molecular formula is C14H18F3NO4. The molecule has 0 saturated heterocycles. The number of benzene rings is 1. The van der Waals surface area contributed by atoms with Crippen LogP contribution < -0.4 is 5.73 Å². The van der Waals surface area contributed by atoms with E-state index in [9.17, 15) is 18.0 Å². The highest BCUT2D eigenvalue weighted by molar-refractivity contribution is 5.73. The van der Waals surface area contributed by atoms with E-state index in [4.69, 9.17) is 20.4 Å². The first kappa shape index (κ1) is 19.9. The van der Waals surface area contributed by atoms with Crippen molar-refractivity contribution in [3.63, 3.8) is 0 Å². The minimum Gasteiger partial charge on any atom is -0.475 e. The third kappa shape index (κ3) is 8.25. The molecule has 0 heterocycles. The maximum absolute atomic E-state index is 11.5. The third-order valence-electron chi connectivity index (χ3n) is 2.47. The van der Waals surface area contributed by atoms with E-state index in [1.807, 2.05) is 30.3 Å². The summed E-state index contributed by atoms with van der Waals surface area (Å²) in [7, 11) is 0. The number of carbonyl (C=O) groups excluding carboxylic acids is 1. The van der Waals surface area contributed by atoms with E-state index in [0.29, 0.717) is 19.6 Å². The van der Waals surface area contributed by atoms with Crippen LogP contribution in [0.5, 0.6) is 0 Å². The third-order valence-corrected chi connectivity index (χ3v) is 2.47. The van der Waals surface area contributed by atoms with Crippen molar-refractivity contribution in [2.75, 3.05) is 13.2 Å². The molecule has 1 rings (SSSR count). The number of halogens is 3. The Morgan fingerprint density at radius 1 is 1.27 bits per heavy atom. The molecule has 0 spiro atoms. The standard InChI is InChI=1S/C12H17NO2.C2HF3O2/c1-2-15-12(14)11(9-13)8-10-6-4-3-5-7-10;3-2(4,5)1(6)7/h3-7,11H,2,8-9,13H2,1H3;(H,6,7)/t11-;/m1./s1. The van der Waals surface area contributed by atoms with Gasteiger partial charge in [-0.1, -0.05) is 30.3 Å². The van der Waals surface area contributed by atoms with Crippen LogP contribution >= 0.6 is 0 Å². The van der Waals surface area contributed by atoms with E-state index >= 15 is 0 Å². The molecule has 1 atom stereocenters. The lowest BCUT2D eigenvalue weighted by Gasteiger charge is -2.13. The fourth-order valence-corrected chi connectivity index (χ4v) is 1.42. The first-order valence-electron chi connectivity index (χ1n) is 6.43. The SMILES string of the molecule is CCOC(=O)[C@@H](CN)Cc1ccccc1.O=C(O)C(F)(F)F. The Kier molecular flexibility index (Phi) is 8.85. The Morgan fingerprint density at radius 3 is 2.14 bits per heavy atom. The molecule has 1 aromatic rings. The van der Waals surface area contributed by atoms with Crippen LogP contribution in [0.4, 0.5) is 13.2 Å². The zero-order valence-corrected chi connectivity index (χ0v) is 12.0. The second kappa shape index (κ2) is 9.78.